The molecule has 0 unspecified atom stereocenters. The minimum Gasteiger partial charge on any atom is -0.335 e. The Morgan fingerprint density at radius 2 is 1.79 bits per heavy atom. The Labute approximate surface area is 117 Å². The Morgan fingerprint density at radius 3 is 2.63 bits per heavy atom. The van der Waals surface area contributed by atoms with Gasteiger partial charge in [0.2, 0.25) is 0 Å². The lowest BCUT2D eigenvalue weighted by atomic mass is 10.2. The van der Waals surface area contributed by atoms with Gasteiger partial charge in [0.15, 0.2) is 0 Å². The van der Waals surface area contributed by atoms with Gasteiger partial charge in [0.25, 0.3) is 0 Å². The smallest absolute Gasteiger partial charge is 0.0841 e. The van der Waals surface area contributed by atoms with Crippen molar-refractivity contribution in [1.82, 2.24) is 4.57 Å². The number of halogens is 1. The van der Waals surface area contributed by atoms with Gasteiger partial charge in [-0.25, -0.2) is 0 Å². The van der Waals surface area contributed by atoms with Gasteiger partial charge in [-0.2, -0.15) is 0 Å². The zero-order valence-corrected chi connectivity index (χ0v) is 11.1. The first-order chi connectivity index (χ1) is 9.34. The minimum absolute atomic E-state index is 0.641. The van der Waals surface area contributed by atoms with E-state index in [0.717, 1.165) is 21.5 Å². The summed E-state index contributed by atoms with van der Waals surface area (Å²) in [6.45, 7) is 0.641. The van der Waals surface area contributed by atoms with E-state index in [2.05, 4.69) is 28.5 Å². The molecule has 92 valence electrons. The van der Waals surface area contributed by atoms with Crippen molar-refractivity contribution in [3.8, 4) is 11.8 Å². The zero-order chi connectivity index (χ0) is 13.1. The second-order valence-electron chi connectivity index (χ2n) is 4.29. The Bertz CT molecular complexity index is 760. The molecule has 1 nitrogen and oxygen atoms in total. The molecule has 0 fully saturated rings. The van der Waals surface area contributed by atoms with Gasteiger partial charge < -0.3 is 4.57 Å². The molecular weight excluding hydrogens is 254 g/mol. The number of aromatic nitrogens is 1. The number of rotatable bonds is 1. The summed E-state index contributed by atoms with van der Waals surface area (Å²) >= 11 is 6.23. The highest BCUT2D eigenvalue weighted by Gasteiger charge is 2.03. The second-order valence-corrected chi connectivity index (χ2v) is 4.70. The summed E-state index contributed by atoms with van der Waals surface area (Å²) in [7, 11) is 0. The van der Waals surface area contributed by atoms with Crippen LogP contribution in [0.15, 0.2) is 60.8 Å². The van der Waals surface area contributed by atoms with Crippen LogP contribution in [0.25, 0.3) is 10.9 Å². The van der Waals surface area contributed by atoms with E-state index < -0.39 is 0 Å². The molecule has 0 aliphatic rings. The van der Waals surface area contributed by atoms with E-state index in [0.29, 0.717) is 6.54 Å². The number of hydrogen-bond donors (Lipinski definition) is 0. The highest BCUT2D eigenvalue weighted by atomic mass is 35.5. The Balaban J connectivity index is 1.89. The van der Waals surface area contributed by atoms with E-state index in [4.69, 9.17) is 11.6 Å². The molecule has 0 aliphatic carbocycles. The van der Waals surface area contributed by atoms with Gasteiger partial charge in [0.05, 0.1) is 17.1 Å². The molecule has 0 bridgehead atoms. The van der Waals surface area contributed by atoms with E-state index in [1.54, 1.807) is 0 Å². The number of fused-ring (bicyclic) bond motifs is 1. The lowest BCUT2D eigenvalue weighted by Crippen LogP contribution is -1.93. The molecule has 3 rings (SSSR count). The fourth-order valence-corrected chi connectivity index (χ4v) is 2.38. The molecule has 0 atom stereocenters. The molecule has 19 heavy (non-hydrogen) atoms. The normalized spacial score (nSPS) is 10.2. The van der Waals surface area contributed by atoms with Crippen LogP contribution in [0.1, 0.15) is 5.56 Å². The number of nitrogens with zero attached hydrogens (tertiary/aromatic N) is 1. The van der Waals surface area contributed by atoms with Gasteiger partial charge in [-0.3, -0.25) is 0 Å². The first-order valence-corrected chi connectivity index (χ1v) is 6.50. The third-order valence-corrected chi connectivity index (χ3v) is 3.30. The van der Waals surface area contributed by atoms with Crippen molar-refractivity contribution in [3.63, 3.8) is 0 Å². The molecule has 0 saturated heterocycles. The Kier molecular flexibility index (Phi) is 3.27. The fraction of sp³-hybridized carbons (Fsp3) is 0.0588. The zero-order valence-electron chi connectivity index (χ0n) is 10.3. The van der Waals surface area contributed by atoms with Crippen LogP contribution in [-0.2, 0) is 6.54 Å². The van der Waals surface area contributed by atoms with E-state index in [1.165, 1.54) is 0 Å². The standard InChI is InChI=1S/C17H12ClN/c18-16-10-4-9-15-11-13-19(17(15)16)12-5-8-14-6-2-1-3-7-14/h1-4,6-7,9-11,13H,12H2. The molecule has 0 N–H and O–H groups in total. The van der Waals surface area contributed by atoms with Crippen molar-refractivity contribution in [2.45, 2.75) is 6.54 Å². The first-order valence-electron chi connectivity index (χ1n) is 6.12. The summed E-state index contributed by atoms with van der Waals surface area (Å²) in [6, 6.07) is 18.0. The highest BCUT2D eigenvalue weighted by molar-refractivity contribution is 6.35. The molecule has 2 aromatic carbocycles. The van der Waals surface area contributed by atoms with Crippen LogP contribution < -0.4 is 0 Å². The SMILES string of the molecule is Clc1cccc2ccn(CC#Cc3ccccc3)c12. The summed E-state index contributed by atoms with van der Waals surface area (Å²) in [5, 5.41) is 1.91. The van der Waals surface area contributed by atoms with E-state index in [9.17, 15) is 0 Å². The molecule has 3 aromatic rings. The molecule has 0 saturated carbocycles. The average molecular weight is 266 g/mol. The number of hydrogen-bond acceptors (Lipinski definition) is 0. The van der Waals surface area contributed by atoms with Crippen LogP contribution >= 0.6 is 11.6 Å². The van der Waals surface area contributed by atoms with Gasteiger partial charge >= 0.3 is 0 Å². The fourth-order valence-electron chi connectivity index (χ4n) is 2.09. The van der Waals surface area contributed by atoms with Crippen LogP contribution in [0.5, 0.6) is 0 Å². The van der Waals surface area contributed by atoms with Gasteiger partial charge in [0.1, 0.15) is 0 Å². The average Bonchev–Trinajstić information content (AvgIpc) is 2.85. The molecule has 1 aromatic heterocycles. The van der Waals surface area contributed by atoms with E-state index in [-0.39, 0.29) is 0 Å². The molecule has 2 heteroatoms. The molecule has 0 aliphatic heterocycles. The molecule has 0 amide bonds. The summed E-state index contributed by atoms with van der Waals surface area (Å²) in [4.78, 5) is 0. The quantitative estimate of drug-likeness (QED) is 0.577. The van der Waals surface area contributed by atoms with Crippen LogP contribution in [0.2, 0.25) is 5.02 Å². The lowest BCUT2D eigenvalue weighted by molar-refractivity contribution is 0.886. The maximum atomic E-state index is 6.23. The summed E-state index contributed by atoms with van der Waals surface area (Å²) in [6.07, 6.45) is 2.02. The van der Waals surface area contributed by atoms with Crippen molar-refractivity contribution in [2.24, 2.45) is 0 Å². The maximum Gasteiger partial charge on any atom is 0.0841 e. The second kappa shape index (κ2) is 5.22. The predicted octanol–water partition coefficient (Wildman–Crippen LogP) is 4.35. The Hall–Kier alpha value is -2.17. The van der Waals surface area contributed by atoms with Crippen molar-refractivity contribution in [1.29, 1.82) is 0 Å². The number of para-hydroxylation sites is 1. The van der Waals surface area contributed by atoms with Gasteiger partial charge in [0, 0.05) is 17.1 Å². The van der Waals surface area contributed by atoms with Crippen molar-refractivity contribution in [2.75, 3.05) is 0 Å². The first kappa shape index (κ1) is 11.9. The van der Waals surface area contributed by atoms with Gasteiger partial charge in [-0.1, -0.05) is 53.8 Å². The number of benzene rings is 2. The van der Waals surface area contributed by atoms with Crippen LogP contribution in [0, 0.1) is 11.8 Å². The molecule has 0 spiro atoms. The predicted molar refractivity (Wildman–Crippen MR) is 80.3 cm³/mol. The summed E-state index contributed by atoms with van der Waals surface area (Å²) < 4.78 is 2.08. The van der Waals surface area contributed by atoms with Crippen molar-refractivity contribution in [3.05, 3.63) is 71.4 Å². The largest absolute Gasteiger partial charge is 0.335 e. The lowest BCUT2D eigenvalue weighted by Gasteiger charge is -2.01. The summed E-state index contributed by atoms with van der Waals surface area (Å²) in [5.74, 6) is 6.33. The van der Waals surface area contributed by atoms with Crippen LogP contribution in [0.3, 0.4) is 0 Å². The van der Waals surface area contributed by atoms with Crippen molar-refractivity contribution < 1.29 is 0 Å². The maximum absolute atomic E-state index is 6.23. The molecular formula is C17H12ClN. The van der Waals surface area contributed by atoms with Gasteiger partial charge in [-0.05, 0) is 24.3 Å². The summed E-state index contributed by atoms with van der Waals surface area (Å²) in [5.41, 5.74) is 2.08. The minimum atomic E-state index is 0.641. The monoisotopic (exact) mass is 265 g/mol. The highest BCUT2D eigenvalue weighted by Crippen LogP contribution is 2.24. The van der Waals surface area contributed by atoms with Crippen molar-refractivity contribution >= 4 is 22.5 Å². The third-order valence-electron chi connectivity index (χ3n) is 3.00. The topological polar surface area (TPSA) is 4.93 Å². The van der Waals surface area contributed by atoms with E-state index in [1.807, 2.05) is 48.7 Å². The van der Waals surface area contributed by atoms with Crippen LogP contribution in [0.4, 0.5) is 0 Å². The van der Waals surface area contributed by atoms with Gasteiger partial charge in [-0.15, -0.1) is 0 Å². The van der Waals surface area contributed by atoms with Crippen LogP contribution in [-0.4, -0.2) is 4.57 Å². The van der Waals surface area contributed by atoms with E-state index >= 15 is 0 Å². The molecule has 0 radical (unpaired) electrons. The third kappa shape index (κ3) is 2.50. The Morgan fingerprint density at radius 1 is 0.947 bits per heavy atom. The molecule has 1 heterocycles.